The fraction of sp³-hybridized carbons (Fsp3) is 0.133. The molecule has 0 aliphatic carbocycles. The minimum absolute atomic E-state index is 0.0582. The molecule has 0 spiro atoms. The van der Waals surface area contributed by atoms with Gasteiger partial charge in [-0.2, -0.15) is 0 Å². The molecule has 0 radical (unpaired) electrons. The average Bonchev–Trinajstić information content (AvgIpc) is 2.46. The lowest BCUT2D eigenvalue weighted by atomic mass is 10.1. The molecule has 2 N–H and O–H groups in total. The standard InChI is InChI=1S/C15H15IN2O/c1-17-15(19)12-4-2-11(3-5-12)10-18-14-8-6-13(16)7-9-14/h2-9,18H,10H2,1H3,(H,17,19). The van der Waals surface area contributed by atoms with Gasteiger partial charge in [-0.3, -0.25) is 4.79 Å². The van der Waals surface area contributed by atoms with Crippen LogP contribution in [0.3, 0.4) is 0 Å². The Morgan fingerprint density at radius 1 is 1.05 bits per heavy atom. The molecule has 0 unspecified atom stereocenters. The lowest BCUT2D eigenvalue weighted by molar-refractivity contribution is 0.0963. The molecule has 0 heterocycles. The molecule has 1 amide bonds. The van der Waals surface area contributed by atoms with Gasteiger partial charge in [-0.25, -0.2) is 0 Å². The van der Waals surface area contributed by atoms with Crippen molar-refractivity contribution in [2.24, 2.45) is 0 Å². The average molecular weight is 366 g/mol. The van der Waals surface area contributed by atoms with E-state index in [-0.39, 0.29) is 5.91 Å². The van der Waals surface area contributed by atoms with Crippen molar-refractivity contribution < 1.29 is 4.79 Å². The Kier molecular flexibility index (Phi) is 4.79. The predicted octanol–water partition coefficient (Wildman–Crippen LogP) is 3.26. The first kappa shape index (κ1) is 13.9. The van der Waals surface area contributed by atoms with Crippen molar-refractivity contribution in [1.29, 1.82) is 0 Å². The first-order valence-corrected chi connectivity index (χ1v) is 7.07. The molecule has 4 heteroatoms. The SMILES string of the molecule is CNC(=O)c1ccc(CNc2ccc(I)cc2)cc1. The van der Waals surface area contributed by atoms with Gasteiger partial charge in [0, 0.05) is 28.4 Å². The molecule has 0 fully saturated rings. The van der Waals surface area contributed by atoms with Crippen molar-refractivity contribution in [3.05, 3.63) is 63.2 Å². The Morgan fingerprint density at radius 3 is 2.26 bits per heavy atom. The molecule has 0 bridgehead atoms. The lowest BCUT2D eigenvalue weighted by Crippen LogP contribution is -2.17. The number of carbonyl (C=O) groups is 1. The van der Waals surface area contributed by atoms with E-state index in [1.807, 2.05) is 24.3 Å². The Morgan fingerprint density at radius 2 is 1.68 bits per heavy atom. The summed E-state index contributed by atoms with van der Waals surface area (Å²) in [5, 5.41) is 5.96. The van der Waals surface area contributed by atoms with Crippen molar-refractivity contribution in [3.63, 3.8) is 0 Å². The molecule has 2 aromatic rings. The van der Waals surface area contributed by atoms with Gasteiger partial charge in [0.1, 0.15) is 0 Å². The van der Waals surface area contributed by atoms with Crippen LogP contribution in [0.1, 0.15) is 15.9 Å². The van der Waals surface area contributed by atoms with Crippen LogP contribution in [0.25, 0.3) is 0 Å². The third kappa shape index (κ3) is 3.96. The minimum Gasteiger partial charge on any atom is -0.381 e. The van der Waals surface area contributed by atoms with Crippen LogP contribution >= 0.6 is 22.6 Å². The largest absolute Gasteiger partial charge is 0.381 e. The molecule has 2 aromatic carbocycles. The molecule has 98 valence electrons. The Balaban J connectivity index is 1.96. The number of hydrogen-bond acceptors (Lipinski definition) is 2. The van der Waals surface area contributed by atoms with Gasteiger partial charge in [0.15, 0.2) is 0 Å². The van der Waals surface area contributed by atoms with E-state index in [4.69, 9.17) is 0 Å². The Bertz CT molecular complexity index is 549. The zero-order valence-electron chi connectivity index (χ0n) is 10.6. The van der Waals surface area contributed by atoms with Crippen LogP contribution in [-0.4, -0.2) is 13.0 Å². The van der Waals surface area contributed by atoms with E-state index in [1.165, 1.54) is 3.57 Å². The summed E-state index contributed by atoms with van der Waals surface area (Å²) in [6.07, 6.45) is 0. The van der Waals surface area contributed by atoms with E-state index < -0.39 is 0 Å². The second kappa shape index (κ2) is 6.56. The van der Waals surface area contributed by atoms with Gasteiger partial charge in [-0.05, 0) is 64.6 Å². The molecule has 3 nitrogen and oxygen atoms in total. The van der Waals surface area contributed by atoms with E-state index in [2.05, 4.69) is 57.5 Å². The van der Waals surface area contributed by atoms with Crippen LogP contribution in [0, 0.1) is 3.57 Å². The van der Waals surface area contributed by atoms with E-state index in [9.17, 15) is 4.79 Å². The zero-order valence-corrected chi connectivity index (χ0v) is 12.8. The maximum atomic E-state index is 11.4. The fourth-order valence-corrected chi connectivity index (χ4v) is 2.05. The van der Waals surface area contributed by atoms with Crippen molar-refractivity contribution >= 4 is 34.2 Å². The van der Waals surface area contributed by atoms with E-state index in [0.29, 0.717) is 5.56 Å². The number of hydrogen-bond donors (Lipinski definition) is 2. The highest BCUT2D eigenvalue weighted by atomic mass is 127. The molecule has 0 aliphatic heterocycles. The van der Waals surface area contributed by atoms with Gasteiger partial charge in [0.25, 0.3) is 5.91 Å². The number of carbonyl (C=O) groups excluding carboxylic acids is 1. The van der Waals surface area contributed by atoms with E-state index in [1.54, 1.807) is 7.05 Å². The number of amides is 1. The van der Waals surface area contributed by atoms with E-state index in [0.717, 1.165) is 17.8 Å². The third-order valence-corrected chi connectivity index (χ3v) is 3.50. The lowest BCUT2D eigenvalue weighted by Gasteiger charge is -2.07. The van der Waals surface area contributed by atoms with Crippen molar-refractivity contribution in [2.45, 2.75) is 6.54 Å². The van der Waals surface area contributed by atoms with Gasteiger partial charge >= 0.3 is 0 Å². The first-order chi connectivity index (χ1) is 9.19. The Labute approximate surface area is 126 Å². The highest BCUT2D eigenvalue weighted by Crippen LogP contribution is 2.13. The smallest absolute Gasteiger partial charge is 0.251 e. The summed E-state index contributed by atoms with van der Waals surface area (Å²) in [6, 6.07) is 15.8. The molecule has 2 rings (SSSR count). The zero-order chi connectivity index (χ0) is 13.7. The highest BCUT2D eigenvalue weighted by Gasteiger charge is 2.02. The number of anilines is 1. The molecule has 0 saturated heterocycles. The van der Waals surface area contributed by atoms with Crippen LogP contribution in [0.15, 0.2) is 48.5 Å². The van der Waals surface area contributed by atoms with Gasteiger partial charge in [0.2, 0.25) is 0 Å². The maximum Gasteiger partial charge on any atom is 0.251 e. The quantitative estimate of drug-likeness (QED) is 0.816. The topological polar surface area (TPSA) is 41.1 Å². The predicted molar refractivity (Wildman–Crippen MR) is 86.3 cm³/mol. The van der Waals surface area contributed by atoms with Crippen molar-refractivity contribution in [3.8, 4) is 0 Å². The summed E-state index contributed by atoms with van der Waals surface area (Å²) in [4.78, 5) is 11.4. The van der Waals surface area contributed by atoms with Crippen LogP contribution in [0.4, 0.5) is 5.69 Å². The van der Waals surface area contributed by atoms with Crippen LogP contribution in [0.2, 0.25) is 0 Å². The first-order valence-electron chi connectivity index (χ1n) is 5.99. The number of nitrogens with one attached hydrogen (secondary N) is 2. The summed E-state index contributed by atoms with van der Waals surface area (Å²) in [6.45, 7) is 0.745. The van der Waals surface area contributed by atoms with Gasteiger partial charge in [-0.1, -0.05) is 12.1 Å². The molecular formula is C15H15IN2O. The molecule has 0 atom stereocenters. The van der Waals surface area contributed by atoms with Gasteiger partial charge in [-0.15, -0.1) is 0 Å². The van der Waals surface area contributed by atoms with Crippen LogP contribution in [-0.2, 0) is 6.54 Å². The van der Waals surface area contributed by atoms with Crippen molar-refractivity contribution in [2.75, 3.05) is 12.4 Å². The van der Waals surface area contributed by atoms with Gasteiger partial charge in [0.05, 0.1) is 0 Å². The number of rotatable bonds is 4. The summed E-state index contributed by atoms with van der Waals surface area (Å²) >= 11 is 2.28. The highest BCUT2D eigenvalue weighted by molar-refractivity contribution is 14.1. The fourth-order valence-electron chi connectivity index (χ4n) is 1.69. The second-order valence-corrected chi connectivity index (χ2v) is 5.38. The minimum atomic E-state index is -0.0582. The van der Waals surface area contributed by atoms with E-state index >= 15 is 0 Å². The monoisotopic (exact) mass is 366 g/mol. The number of halogens is 1. The summed E-state index contributed by atoms with van der Waals surface area (Å²) in [5.41, 5.74) is 2.92. The van der Waals surface area contributed by atoms with Gasteiger partial charge < -0.3 is 10.6 Å². The Hall–Kier alpha value is -1.56. The normalized spacial score (nSPS) is 10.0. The molecular weight excluding hydrogens is 351 g/mol. The summed E-state index contributed by atoms with van der Waals surface area (Å²) in [7, 11) is 1.63. The number of benzene rings is 2. The van der Waals surface area contributed by atoms with Crippen LogP contribution < -0.4 is 10.6 Å². The maximum absolute atomic E-state index is 11.4. The third-order valence-electron chi connectivity index (χ3n) is 2.78. The van der Waals surface area contributed by atoms with Crippen LogP contribution in [0.5, 0.6) is 0 Å². The summed E-state index contributed by atoms with van der Waals surface area (Å²) in [5.74, 6) is -0.0582. The molecule has 0 aromatic heterocycles. The molecule has 0 aliphatic rings. The molecule has 0 saturated carbocycles. The van der Waals surface area contributed by atoms with Crippen molar-refractivity contribution in [1.82, 2.24) is 5.32 Å². The second-order valence-electron chi connectivity index (χ2n) is 4.14. The molecule has 19 heavy (non-hydrogen) atoms. The summed E-state index contributed by atoms with van der Waals surface area (Å²) < 4.78 is 1.22.